The van der Waals surface area contributed by atoms with Crippen molar-refractivity contribution in [3.8, 4) is 11.6 Å². The number of piperidine rings is 1. The van der Waals surface area contributed by atoms with Crippen molar-refractivity contribution in [2.45, 2.75) is 48.8 Å². The summed E-state index contributed by atoms with van der Waals surface area (Å²) in [5.74, 6) is 1.25. The maximum absolute atomic E-state index is 13.1. The maximum Gasteiger partial charge on any atom is 0.243 e. The van der Waals surface area contributed by atoms with E-state index in [2.05, 4.69) is 4.98 Å². The molecule has 3 heterocycles. The Morgan fingerprint density at radius 2 is 1.73 bits per heavy atom. The van der Waals surface area contributed by atoms with Crippen molar-refractivity contribution in [2.24, 2.45) is 0 Å². The van der Waals surface area contributed by atoms with Crippen LogP contribution in [0, 0.1) is 0 Å². The molecule has 2 fully saturated rings. The number of sulfonamides is 1. The van der Waals surface area contributed by atoms with Crippen molar-refractivity contribution in [3.05, 3.63) is 48.7 Å². The van der Waals surface area contributed by atoms with Gasteiger partial charge in [0.1, 0.15) is 11.9 Å². The Balaban J connectivity index is 1.52. The van der Waals surface area contributed by atoms with Crippen molar-refractivity contribution in [2.75, 3.05) is 7.11 Å². The molecule has 6 nitrogen and oxygen atoms in total. The molecule has 2 aliphatic heterocycles. The smallest absolute Gasteiger partial charge is 0.243 e. The molecule has 0 N–H and O–H groups in total. The highest BCUT2D eigenvalue weighted by atomic mass is 32.2. The first kappa shape index (κ1) is 17.3. The van der Waals surface area contributed by atoms with Gasteiger partial charge in [-0.2, -0.15) is 4.31 Å². The Kier molecular flexibility index (Phi) is 4.58. The Bertz CT molecular complexity index is 841. The molecule has 0 radical (unpaired) electrons. The van der Waals surface area contributed by atoms with Crippen molar-refractivity contribution in [1.82, 2.24) is 9.29 Å². The summed E-state index contributed by atoms with van der Waals surface area (Å²) < 4.78 is 39.1. The fourth-order valence-corrected chi connectivity index (χ4v) is 5.92. The third kappa shape index (κ3) is 3.17. The number of hydrogen-bond acceptors (Lipinski definition) is 5. The molecule has 0 spiro atoms. The van der Waals surface area contributed by atoms with Gasteiger partial charge in [-0.3, -0.25) is 0 Å². The zero-order valence-electron chi connectivity index (χ0n) is 14.6. The van der Waals surface area contributed by atoms with Crippen LogP contribution in [0.3, 0.4) is 0 Å². The van der Waals surface area contributed by atoms with Crippen molar-refractivity contribution >= 4 is 10.0 Å². The lowest BCUT2D eigenvalue weighted by Gasteiger charge is -2.37. The summed E-state index contributed by atoms with van der Waals surface area (Å²) >= 11 is 0. The van der Waals surface area contributed by atoms with E-state index in [9.17, 15) is 8.42 Å². The molecule has 2 saturated heterocycles. The third-order valence-electron chi connectivity index (χ3n) is 5.18. The summed E-state index contributed by atoms with van der Waals surface area (Å²) in [4.78, 5) is 4.53. The Morgan fingerprint density at radius 3 is 2.31 bits per heavy atom. The van der Waals surface area contributed by atoms with Crippen LogP contribution in [0.5, 0.6) is 11.6 Å². The van der Waals surface area contributed by atoms with Crippen LogP contribution in [-0.2, 0) is 10.0 Å². The Labute approximate surface area is 153 Å². The van der Waals surface area contributed by atoms with Gasteiger partial charge >= 0.3 is 0 Å². The van der Waals surface area contributed by atoms with Gasteiger partial charge in [0.2, 0.25) is 15.9 Å². The standard InChI is InChI=1S/C19H22N2O4S/c1-24-16-7-9-18(10-8-16)26(22,23)21-14-5-6-15(21)13-17(12-14)25-19-4-2-3-11-20-19/h2-4,7-11,14-15,17H,5-6,12-13H2,1H3. The molecule has 2 unspecified atom stereocenters. The second-order valence-corrected chi connectivity index (χ2v) is 8.62. The first-order chi connectivity index (χ1) is 12.6. The summed E-state index contributed by atoms with van der Waals surface area (Å²) in [6, 6.07) is 12.1. The topological polar surface area (TPSA) is 68.7 Å². The van der Waals surface area contributed by atoms with Gasteiger partial charge in [0.15, 0.2) is 0 Å². The van der Waals surface area contributed by atoms with E-state index >= 15 is 0 Å². The highest BCUT2D eigenvalue weighted by molar-refractivity contribution is 7.89. The molecule has 4 rings (SSSR count). The first-order valence-electron chi connectivity index (χ1n) is 8.83. The van der Waals surface area contributed by atoms with E-state index in [0.717, 1.165) is 12.8 Å². The molecule has 2 atom stereocenters. The van der Waals surface area contributed by atoms with Crippen LogP contribution in [0.15, 0.2) is 53.6 Å². The monoisotopic (exact) mass is 374 g/mol. The fourth-order valence-electron chi connectivity index (χ4n) is 4.03. The fraction of sp³-hybridized carbons (Fsp3) is 0.421. The van der Waals surface area contributed by atoms with Crippen LogP contribution in [0.4, 0.5) is 0 Å². The minimum atomic E-state index is -3.51. The van der Waals surface area contributed by atoms with Gasteiger partial charge in [-0.15, -0.1) is 0 Å². The number of rotatable bonds is 5. The van der Waals surface area contributed by atoms with E-state index in [4.69, 9.17) is 9.47 Å². The number of hydrogen-bond donors (Lipinski definition) is 0. The van der Waals surface area contributed by atoms with Gasteiger partial charge in [0.25, 0.3) is 0 Å². The predicted molar refractivity (Wildman–Crippen MR) is 96.7 cm³/mol. The van der Waals surface area contributed by atoms with E-state index in [1.54, 1.807) is 41.9 Å². The molecule has 26 heavy (non-hydrogen) atoms. The maximum atomic E-state index is 13.1. The van der Waals surface area contributed by atoms with E-state index in [1.807, 2.05) is 18.2 Å². The van der Waals surface area contributed by atoms with Crippen LogP contribution >= 0.6 is 0 Å². The van der Waals surface area contributed by atoms with Gasteiger partial charge < -0.3 is 9.47 Å². The van der Waals surface area contributed by atoms with Gasteiger partial charge in [0, 0.05) is 37.2 Å². The van der Waals surface area contributed by atoms with E-state index < -0.39 is 10.0 Å². The molecule has 7 heteroatoms. The lowest BCUT2D eigenvalue weighted by molar-refractivity contribution is 0.0918. The molecule has 2 bridgehead atoms. The number of fused-ring (bicyclic) bond motifs is 2. The quantitative estimate of drug-likeness (QED) is 0.805. The van der Waals surface area contributed by atoms with Crippen LogP contribution in [-0.4, -0.2) is 43.0 Å². The lowest BCUT2D eigenvalue weighted by Crippen LogP contribution is -2.49. The van der Waals surface area contributed by atoms with Gasteiger partial charge in [0.05, 0.1) is 12.0 Å². The van der Waals surface area contributed by atoms with Gasteiger partial charge in [-0.1, -0.05) is 6.07 Å². The molecule has 0 saturated carbocycles. The SMILES string of the molecule is COc1ccc(S(=O)(=O)N2C3CCC2CC(Oc2ccccn2)C3)cc1. The zero-order chi connectivity index (χ0) is 18.1. The largest absolute Gasteiger partial charge is 0.497 e. The Morgan fingerprint density at radius 1 is 1.04 bits per heavy atom. The summed E-state index contributed by atoms with van der Waals surface area (Å²) in [6.45, 7) is 0. The minimum absolute atomic E-state index is 0.00437. The summed E-state index contributed by atoms with van der Waals surface area (Å²) in [7, 11) is -1.95. The zero-order valence-corrected chi connectivity index (χ0v) is 15.4. The third-order valence-corrected chi connectivity index (χ3v) is 7.20. The number of aromatic nitrogens is 1. The van der Waals surface area contributed by atoms with Crippen LogP contribution in [0.2, 0.25) is 0 Å². The van der Waals surface area contributed by atoms with Crippen LogP contribution in [0.1, 0.15) is 25.7 Å². The highest BCUT2D eigenvalue weighted by Crippen LogP contribution is 2.40. The summed E-state index contributed by atoms with van der Waals surface area (Å²) in [6.07, 6.45) is 4.85. The highest BCUT2D eigenvalue weighted by Gasteiger charge is 2.47. The molecule has 0 amide bonds. The average molecular weight is 374 g/mol. The molecule has 0 aliphatic carbocycles. The Hall–Kier alpha value is -2.12. The first-order valence-corrected chi connectivity index (χ1v) is 10.3. The molecular formula is C19H22N2O4S. The van der Waals surface area contributed by atoms with E-state index in [1.165, 1.54) is 0 Å². The van der Waals surface area contributed by atoms with Gasteiger partial charge in [-0.05, 0) is 43.2 Å². The average Bonchev–Trinajstić information content (AvgIpc) is 2.95. The molecule has 2 aromatic rings. The second-order valence-electron chi connectivity index (χ2n) is 6.77. The van der Waals surface area contributed by atoms with E-state index in [-0.39, 0.29) is 18.2 Å². The van der Waals surface area contributed by atoms with Crippen molar-refractivity contribution < 1.29 is 17.9 Å². The van der Waals surface area contributed by atoms with Gasteiger partial charge in [-0.25, -0.2) is 13.4 Å². The predicted octanol–water partition coefficient (Wildman–Crippen LogP) is 2.85. The van der Waals surface area contributed by atoms with Crippen molar-refractivity contribution in [3.63, 3.8) is 0 Å². The lowest BCUT2D eigenvalue weighted by atomic mass is 10.0. The normalized spacial score (nSPS) is 25.8. The molecule has 138 valence electrons. The number of ether oxygens (including phenoxy) is 2. The van der Waals surface area contributed by atoms with Crippen LogP contribution in [0.25, 0.3) is 0 Å². The summed E-state index contributed by atoms with van der Waals surface area (Å²) in [5, 5.41) is 0. The molecule has 1 aromatic heterocycles. The number of benzene rings is 1. The number of pyridine rings is 1. The summed E-state index contributed by atoms with van der Waals surface area (Å²) in [5.41, 5.74) is 0. The number of nitrogens with zero attached hydrogens (tertiary/aromatic N) is 2. The molecule has 2 aliphatic rings. The van der Waals surface area contributed by atoms with E-state index in [0.29, 0.717) is 29.4 Å². The van der Waals surface area contributed by atoms with Crippen molar-refractivity contribution in [1.29, 1.82) is 0 Å². The molecule has 1 aromatic carbocycles. The number of methoxy groups -OCH3 is 1. The molecular weight excluding hydrogens is 352 g/mol. The minimum Gasteiger partial charge on any atom is -0.497 e. The second kappa shape index (κ2) is 6.89. The van der Waals surface area contributed by atoms with Crippen LogP contribution < -0.4 is 9.47 Å².